The molecule has 1 fully saturated rings. The summed E-state index contributed by atoms with van der Waals surface area (Å²) in [6.07, 6.45) is 4.27. The Morgan fingerprint density at radius 2 is 2.12 bits per heavy atom. The van der Waals surface area contributed by atoms with Gasteiger partial charge in [0, 0.05) is 18.7 Å². The Morgan fingerprint density at radius 1 is 1.29 bits per heavy atom. The third kappa shape index (κ3) is 1.97. The molecule has 0 radical (unpaired) electrons. The molecule has 0 spiro atoms. The van der Waals surface area contributed by atoms with Crippen LogP contribution in [0.15, 0.2) is 18.2 Å². The topological polar surface area (TPSA) is 20.3 Å². The number of anilines is 1. The van der Waals surface area contributed by atoms with Gasteiger partial charge in [0.2, 0.25) is 5.91 Å². The number of fused-ring (bicyclic) bond motifs is 1. The number of aryl methyl sites for hydroxylation is 2. The molecule has 17 heavy (non-hydrogen) atoms. The lowest BCUT2D eigenvalue weighted by atomic mass is 10.1. The van der Waals surface area contributed by atoms with Gasteiger partial charge < -0.3 is 4.90 Å². The number of hydrogen-bond donors (Lipinski definition) is 1. The largest absolute Gasteiger partial charge is 0.312 e. The SMILES string of the molecule is O=C1CC(CS)CN1c1ccc2c(c1)CCC2. The Bertz CT molecular complexity index is 458. The summed E-state index contributed by atoms with van der Waals surface area (Å²) in [6.45, 7) is 0.834. The first-order valence-corrected chi connectivity index (χ1v) is 6.94. The van der Waals surface area contributed by atoms with Gasteiger partial charge in [-0.2, -0.15) is 12.6 Å². The number of thiol groups is 1. The Kier molecular flexibility index (Phi) is 2.87. The Morgan fingerprint density at radius 3 is 2.88 bits per heavy atom. The van der Waals surface area contributed by atoms with Gasteiger partial charge in [-0.15, -0.1) is 0 Å². The number of carbonyl (C=O) groups is 1. The standard InChI is InChI=1S/C14H17NOS/c16-14-6-10(9-17)8-15(14)13-5-4-11-2-1-3-12(11)7-13/h4-5,7,10,17H,1-3,6,8-9H2. The quantitative estimate of drug-likeness (QED) is 0.796. The van der Waals surface area contributed by atoms with Crippen LogP contribution in [0.4, 0.5) is 5.69 Å². The van der Waals surface area contributed by atoms with Gasteiger partial charge >= 0.3 is 0 Å². The lowest BCUT2D eigenvalue weighted by molar-refractivity contribution is -0.117. The molecule has 0 bridgehead atoms. The molecule has 1 aliphatic carbocycles. The van der Waals surface area contributed by atoms with E-state index in [1.807, 2.05) is 4.90 Å². The van der Waals surface area contributed by atoms with E-state index in [9.17, 15) is 4.79 Å². The normalized spacial score (nSPS) is 23.2. The maximum absolute atomic E-state index is 11.9. The van der Waals surface area contributed by atoms with Gasteiger partial charge in [0.05, 0.1) is 0 Å². The molecule has 3 rings (SSSR count). The van der Waals surface area contributed by atoms with E-state index in [-0.39, 0.29) is 5.91 Å². The van der Waals surface area contributed by atoms with Crippen molar-refractivity contribution in [2.24, 2.45) is 5.92 Å². The summed E-state index contributed by atoms with van der Waals surface area (Å²) in [5.74, 6) is 1.47. The van der Waals surface area contributed by atoms with Crippen molar-refractivity contribution in [1.29, 1.82) is 0 Å². The average molecular weight is 247 g/mol. The molecule has 1 amide bonds. The number of rotatable bonds is 2. The summed E-state index contributed by atoms with van der Waals surface area (Å²) in [5.41, 5.74) is 3.98. The highest BCUT2D eigenvalue weighted by Gasteiger charge is 2.30. The lowest BCUT2D eigenvalue weighted by Gasteiger charge is -2.17. The van der Waals surface area contributed by atoms with Gasteiger partial charge in [-0.05, 0) is 54.2 Å². The minimum absolute atomic E-state index is 0.252. The molecule has 1 aromatic rings. The number of amides is 1. The fourth-order valence-electron chi connectivity index (χ4n) is 2.88. The van der Waals surface area contributed by atoms with Crippen molar-refractivity contribution >= 4 is 24.2 Å². The zero-order valence-corrected chi connectivity index (χ0v) is 10.7. The van der Waals surface area contributed by atoms with Crippen LogP contribution in [0.2, 0.25) is 0 Å². The molecule has 2 nitrogen and oxygen atoms in total. The summed E-state index contributed by atoms with van der Waals surface area (Å²) in [4.78, 5) is 13.9. The molecule has 0 aromatic heterocycles. The summed E-state index contributed by atoms with van der Waals surface area (Å²) in [6, 6.07) is 6.50. The maximum Gasteiger partial charge on any atom is 0.227 e. The highest BCUT2D eigenvalue weighted by molar-refractivity contribution is 7.80. The first kappa shape index (κ1) is 11.1. The maximum atomic E-state index is 11.9. The predicted molar refractivity (Wildman–Crippen MR) is 72.8 cm³/mol. The summed E-state index contributed by atoms with van der Waals surface area (Å²) in [5, 5.41) is 0. The van der Waals surface area contributed by atoms with E-state index in [1.165, 1.54) is 30.4 Å². The number of hydrogen-bond acceptors (Lipinski definition) is 2. The Hall–Kier alpha value is -0.960. The van der Waals surface area contributed by atoms with Gasteiger partial charge in [-0.3, -0.25) is 4.79 Å². The number of nitrogens with zero attached hydrogens (tertiary/aromatic N) is 1. The van der Waals surface area contributed by atoms with E-state index in [4.69, 9.17) is 0 Å². The van der Waals surface area contributed by atoms with E-state index in [0.717, 1.165) is 18.0 Å². The van der Waals surface area contributed by atoms with E-state index in [2.05, 4.69) is 30.8 Å². The van der Waals surface area contributed by atoms with E-state index < -0.39 is 0 Å². The van der Waals surface area contributed by atoms with Crippen LogP contribution in [0, 0.1) is 5.92 Å². The van der Waals surface area contributed by atoms with Gasteiger partial charge in [0.1, 0.15) is 0 Å². The molecule has 2 aliphatic rings. The molecular weight excluding hydrogens is 230 g/mol. The van der Waals surface area contributed by atoms with Crippen molar-refractivity contribution in [2.75, 3.05) is 17.2 Å². The van der Waals surface area contributed by atoms with Crippen LogP contribution in [0.5, 0.6) is 0 Å². The van der Waals surface area contributed by atoms with E-state index in [0.29, 0.717) is 12.3 Å². The van der Waals surface area contributed by atoms with Crippen molar-refractivity contribution in [3.8, 4) is 0 Å². The molecule has 1 heterocycles. The Labute approximate surface area is 107 Å². The van der Waals surface area contributed by atoms with Crippen molar-refractivity contribution in [2.45, 2.75) is 25.7 Å². The molecule has 0 N–H and O–H groups in total. The third-order valence-electron chi connectivity index (χ3n) is 3.86. The molecule has 1 saturated heterocycles. The highest BCUT2D eigenvalue weighted by atomic mass is 32.1. The van der Waals surface area contributed by atoms with Gasteiger partial charge in [0.25, 0.3) is 0 Å². The third-order valence-corrected chi connectivity index (χ3v) is 4.37. The molecule has 3 heteroatoms. The van der Waals surface area contributed by atoms with Crippen LogP contribution in [0.3, 0.4) is 0 Å². The Balaban J connectivity index is 1.87. The number of carbonyl (C=O) groups excluding carboxylic acids is 1. The van der Waals surface area contributed by atoms with Gasteiger partial charge in [-0.1, -0.05) is 6.07 Å². The van der Waals surface area contributed by atoms with Crippen LogP contribution >= 0.6 is 12.6 Å². The second-order valence-corrected chi connectivity index (χ2v) is 5.43. The van der Waals surface area contributed by atoms with Crippen LogP contribution in [-0.2, 0) is 17.6 Å². The van der Waals surface area contributed by atoms with Crippen LogP contribution in [-0.4, -0.2) is 18.2 Å². The zero-order valence-electron chi connectivity index (χ0n) is 9.85. The molecule has 0 saturated carbocycles. The minimum Gasteiger partial charge on any atom is -0.312 e. The second-order valence-electron chi connectivity index (χ2n) is 5.06. The fourth-order valence-corrected chi connectivity index (χ4v) is 3.12. The van der Waals surface area contributed by atoms with Crippen LogP contribution in [0.1, 0.15) is 24.0 Å². The highest BCUT2D eigenvalue weighted by Crippen LogP contribution is 2.30. The second kappa shape index (κ2) is 4.37. The van der Waals surface area contributed by atoms with Gasteiger partial charge in [-0.25, -0.2) is 0 Å². The zero-order chi connectivity index (χ0) is 11.8. The molecule has 1 aliphatic heterocycles. The smallest absolute Gasteiger partial charge is 0.227 e. The molecule has 1 atom stereocenters. The summed E-state index contributed by atoms with van der Waals surface area (Å²) in [7, 11) is 0. The first-order valence-electron chi connectivity index (χ1n) is 6.31. The molecule has 1 unspecified atom stereocenters. The lowest BCUT2D eigenvalue weighted by Crippen LogP contribution is -2.24. The van der Waals surface area contributed by atoms with E-state index in [1.54, 1.807) is 0 Å². The van der Waals surface area contributed by atoms with Crippen molar-refractivity contribution in [3.63, 3.8) is 0 Å². The van der Waals surface area contributed by atoms with Crippen LogP contribution < -0.4 is 4.90 Å². The summed E-state index contributed by atoms with van der Waals surface area (Å²) >= 11 is 4.30. The summed E-state index contributed by atoms with van der Waals surface area (Å²) < 4.78 is 0. The van der Waals surface area contributed by atoms with Crippen molar-refractivity contribution in [3.05, 3.63) is 29.3 Å². The molecular formula is C14H17NOS. The van der Waals surface area contributed by atoms with Gasteiger partial charge in [0.15, 0.2) is 0 Å². The number of benzene rings is 1. The van der Waals surface area contributed by atoms with E-state index >= 15 is 0 Å². The minimum atomic E-state index is 0.252. The average Bonchev–Trinajstić information content (AvgIpc) is 2.93. The molecule has 1 aromatic carbocycles. The molecule has 90 valence electrons. The first-order chi connectivity index (χ1) is 8.28. The van der Waals surface area contributed by atoms with Crippen molar-refractivity contribution in [1.82, 2.24) is 0 Å². The van der Waals surface area contributed by atoms with Crippen molar-refractivity contribution < 1.29 is 4.79 Å². The van der Waals surface area contributed by atoms with Crippen LogP contribution in [0.25, 0.3) is 0 Å². The predicted octanol–water partition coefficient (Wildman–Crippen LogP) is 2.46. The fraction of sp³-hybridized carbons (Fsp3) is 0.500. The monoisotopic (exact) mass is 247 g/mol.